The maximum absolute atomic E-state index is 11.4. The van der Waals surface area contributed by atoms with E-state index in [-0.39, 0.29) is 44.1 Å². The maximum Gasteiger partial charge on any atom is 0.115 e. The Kier molecular flexibility index (Phi) is 13.1. The van der Waals surface area contributed by atoms with E-state index in [0.717, 1.165) is 38.5 Å². The minimum atomic E-state index is -0.884. The van der Waals surface area contributed by atoms with Crippen molar-refractivity contribution in [2.75, 3.05) is 33.0 Å². The summed E-state index contributed by atoms with van der Waals surface area (Å²) in [5.41, 5.74) is -0.616. The highest BCUT2D eigenvalue weighted by molar-refractivity contribution is 5.01. The summed E-state index contributed by atoms with van der Waals surface area (Å²) in [7, 11) is 0. The van der Waals surface area contributed by atoms with Crippen molar-refractivity contribution < 1.29 is 34.3 Å². The van der Waals surface area contributed by atoms with Crippen LogP contribution in [0.1, 0.15) is 80.1 Å². The molecule has 7 atom stereocenters. The van der Waals surface area contributed by atoms with E-state index in [9.17, 15) is 10.2 Å². The van der Waals surface area contributed by atoms with Gasteiger partial charge in [-0.15, -0.1) is 0 Å². The van der Waals surface area contributed by atoms with Crippen molar-refractivity contribution in [2.24, 2.45) is 5.41 Å². The molecule has 186 valence electrons. The van der Waals surface area contributed by atoms with Gasteiger partial charge in [0.1, 0.15) is 24.4 Å². The van der Waals surface area contributed by atoms with Crippen molar-refractivity contribution in [3.63, 3.8) is 0 Å². The van der Waals surface area contributed by atoms with Gasteiger partial charge in [0, 0.05) is 0 Å². The van der Waals surface area contributed by atoms with Crippen LogP contribution in [0.3, 0.4) is 0 Å². The summed E-state index contributed by atoms with van der Waals surface area (Å²) in [6.45, 7) is 13.1. The molecule has 1 heterocycles. The fraction of sp³-hybridized carbons (Fsp3) is 1.00. The van der Waals surface area contributed by atoms with Gasteiger partial charge < -0.3 is 34.3 Å². The predicted molar refractivity (Wildman–Crippen MR) is 121 cm³/mol. The van der Waals surface area contributed by atoms with Gasteiger partial charge in [0.05, 0.1) is 44.7 Å². The smallest absolute Gasteiger partial charge is 0.115 e. The van der Waals surface area contributed by atoms with E-state index in [0.29, 0.717) is 0 Å². The molecule has 7 heteroatoms. The van der Waals surface area contributed by atoms with Gasteiger partial charge in [-0.25, -0.2) is 0 Å². The molecule has 0 aromatic heterocycles. The predicted octanol–water partition coefficient (Wildman–Crippen LogP) is 3.07. The molecule has 0 aromatic rings. The van der Waals surface area contributed by atoms with Gasteiger partial charge in [-0.1, -0.05) is 47.5 Å². The van der Waals surface area contributed by atoms with Gasteiger partial charge in [0.25, 0.3) is 0 Å². The molecule has 0 bridgehead atoms. The number of hydrogen-bond donors (Lipinski definition) is 3. The highest BCUT2D eigenvalue weighted by atomic mass is 16.6. The summed E-state index contributed by atoms with van der Waals surface area (Å²) in [4.78, 5) is 0. The molecule has 3 N–H and O–H groups in total. The highest BCUT2D eigenvalue weighted by Crippen LogP contribution is 2.42. The normalized spacial score (nSPS) is 30.7. The van der Waals surface area contributed by atoms with E-state index in [1.165, 1.54) is 0 Å². The molecule has 0 amide bonds. The molecule has 1 aliphatic rings. The fourth-order valence-corrected chi connectivity index (χ4v) is 4.69. The van der Waals surface area contributed by atoms with Crippen molar-refractivity contribution in [2.45, 2.75) is 116 Å². The van der Waals surface area contributed by atoms with Crippen molar-refractivity contribution >= 4 is 0 Å². The van der Waals surface area contributed by atoms with E-state index in [1.807, 2.05) is 0 Å². The average molecular weight is 449 g/mol. The third kappa shape index (κ3) is 7.91. The minimum absolute atomic E-state index is 0.0697. The molecule has 31 heavy (non-hydrogen) atoms. The molecular weight excluding hydrogens is 400 g/mol. The number of rotatable bonds is 16. The zero-order valence-corrected chi connectivity index (χ0v) is 20.6. The Bertz CT molecular complexity index is 477. The van der Waals surface area contributed by atoms with Crippen LogP contribution < -0.4 is 0 Å². The van der Waals surface area contributed by atoms with Crippen LogP contribution in [0.4, 0.5) is 0 Å². The average Bonchev–Trinajstić information content (AvgIpc) is 2.75. The first-order valence-electron chi connectivity index (χ1n) is 12.2. The summed E-state index contributed by atoms with van der Waals surface area (Å²) < 4.78 is 24.8. The van der Waals surface area contributed by atoms with Crippen molar-refractivity contribution in [3.05, 3.63) is 0 Å². The number of ether oxygens (including phenoxy) is 4. The van der Waals surface area contributed by atoms with Crippen molar-refractivity contribution in [3.8, 4) is 0 Å². The third-order valence-electron chi connectivity index (χ3n) is 6.84. The van der Waals surface area contributed by atoms with Crippen LogP contribution >= 0.6 is 0 Å². The van der Waals surface area contributed by atoms with Crippen molar-refractivity contribution in [1.29, 1.82) is 0 Å². The Morgan fingerprint density at radius 1 is 0.871 bits per heavy atom. The molecule has 0 saturated carbocycles. The van der Waals surface area contributed by atoms with Crippen LogP contribution in [0.15, 0.2) is 0 Å². The third-order valence-corrected chi connectivity index (χ3v) is 6.84. The second-order valence-corrected chi connectivity index (χ2v) is 9.34. The molecule has 1 saturated heterocycles. The Morgan fingerprint density at radius 2 is 1.52 bits per heavy atom. The zero-order valence-electron chi connectivity index (χ0n) is 20.6. The summed E-state index contributed by atoms with van der Waals surface area (Å²) in [6, 6.07) is 0. The lowest BCUT2D eigenvalue weighted by molar-refractivity contribution is -0.296. The van der Waals surface area contributed by atoms with E-state index >= 15 is 0 Å². The quantitative estimate of drug-likeness (QED) is 0.312. The second kappa shape index (κ2) is 14.1. The molecule has 0 spiro atoms. The number of aliphatic hydroxyl groups excluding tert-OH is 3. The van der Waals surface area contributed by atoms with E-state index in [1.54, 1.807) is 0 Å². The molecular formula is C24H48O7. The maximum atomic E-state index is 11.4. The first-order chi connectivity index (χ1) is 14.8. The molecule has 7 nitrogen and oxygen atoms in total. The summed E-state index contributed by atoms with van der Waals surface area (Å²) in [5.74, 6) is 0. The van der Waals surface area contributed by atoms with E-state index in [4.69, 9.17) is 24.1 Å². The minimum Gasteiger partial charge on any atom is -0.394 e. The Hall–Kier alpha value is -0.280. The molecule has 5 unspecified atom stereocenters. The fourth-order valence-electron chi connectivity index (χ4n) is 4.69. The SMILES string of the molecule is CCC[C@](C)(CC)OC1C(COCCO)OC([C@@](C)(CC)CCC)C(O)C1OCCO. The van der Waals surface area contributed by atoms with Crippen LogP contribution in [-0.4, -0.2) is 84.5 Å². The number of aliphatic hydroxyl groups is 3. The topological polar surface area (TPSA) is 97.6 Å². The van der Waals surface area contributed by atoms with Gasteiger partial charge in [0.2, 0.25) is 0 Å². The standard InChI is InChI=1S/C24H48O7/c1-7-11-23(5,9-3)22-19(27)21(29-16-14-26)20(18(30-22)17-28-15-13-25)31-24(6,10-4)12-8-2/h18-22,25-27H,7-17H2,1-6H3/t18?,19?,20?,21?,22?,23-,24-/m0/s1. The van der Waals surface area contributed by atoms with Crippen LogP contribution in [0.25, 0.3) is 0 Å². The van der Waals surface area contributed by atoms with Crippen molar-refractivity contribution in [1.82, 2.24) is 0 Å². The first-order valence-corrected chi connectivity index (χ1v) is 12.2. The van der Waals surface area contributed by atoms with E-state index in [2.05, 4.69) is 41.5 Å². The van der Waals surface area contributed by atoms with E-state index < -0.39 is 30.5 Å². The van der Waals surface area contributed by atoms with Gasteiger partial charge in [-0.05, 0) is 38.0 Å². The van der Waals surface area contributed by atoms with Crippen LogP contribution in [0, 0.1) is 5.41 Å². The Morgan fingerprint density at radius 3 is 2.03 bits per heavy atom. The Labute approximate surface area is 189 Å². The van der Waals surface area contributed by atoms with Crippen LogP contribution in [0.5, 0.6) is 0 Å². The largest absolute Gasteiger partial charge is 0.394 e. The Balaban J connectivity index is 3.30. The lowest BCUT2D eigenvalue weighted by Crippen LogP contribution is -2.65. The van der Waals surface area contributed by atoms with Gasteiger partial charge in [-0.3, -0.25) is 0 Å². The molecule has 0 aromatic carbocycles. The van der Waals surface area contributed by atoms with Crippen LogP contribution in [0.2, 0.25) is 0 Å². The lowest BCUT2D eigenvalue weighted by atomic mass is 9.72. The lowest BCUT2D eigenvalue weighted by Gasteiger charge is -2.52. The summed E-state index contributed by atoms with van der Waals surface area (Å²) in [6.07, 6.45) is 2.45. The van der Waals surface area contributed by atoms with Gasteiger partial charge >= 0.3 is 0 Å². The van der Waals surface area contributed by atoms with Crippen LogP contribution in [-0.2, 0) is 18.9 Å². The molecule has 1 rings (SSSR count). The zero-order chi connectivity index (χ0) is 23.5. The first kappa shape index (κ1) is 28.8. The van der Waals surface area contributed by atoms with Gasteiger partial charge in [0.15, 0.2) is 0 Å². The molecule has 1 aliphatic heterocycles. The summed E-state index contributed by atoms with van der Waals surface area (Å²) in [5, 5.41) is 30.0. The highest BCUT2D eigenvalue weighted by Gasteiger charge is 2.53. The molecule has 0 radical (unpaired) electrons. The molecule has 1 fully saturated rings. The number of hydrogen-bond acceptors (Lipinski definition) is 7. The molecule has 0 aliphatic carbocycles. The monoisotopic (exact) mass is 448 g/mol. The summed E-state index contributed by atoms with van der Waals surface area (Å²) >= 11 is 0. The second-order valence-electron chi connectivity index (χ2n) is 9.34. The van der Waals surface area contributed by atoms with Gasteiger partial charge in [-0.2, -0.15) is 0 Å².